The minimum absolute atomic E-state index is 0.0249. The summed E-state index contributed by atoms with van der Waals surface area (Å²) < 4.78 is 44.1. The third-order valence-corrected chi connectivity index (χ3v) is 3.94. The summed E-state index contributed by atoms with van der Waals surface area (Å²) in [4.78, 5) is 8.16. The number of aryl methyl sites for hydroxylation is 1. The first kappa shape index (κ1) is 15.6. The average molecular weight is 344 g/mol. The van der Waals surface area contributed by atoms with Crippen molar-refractivity contribution in [2.24, 2.45) is 12.8 Å². The van der Waals surface area contributed by atoms with Gasteiger partial charge >= 0.3 is 6.18 Å². The van der Waals surface area contributed by atoms with E-state index in [4.69, 9.17) is 10.3 Å². The van der Waals surface area contributed by atoms with Gasteiger partial charge in [0.05, 0.1) is 6.04 Å². The van der Waals surface area contributed by atoms with Crippen molar-refractivity contribution in [1.29, 1.82) is 0 Å². The lowest BCUT2D eigenvalue weighted by Crippen LogP contribution is -2.13. The average Bonchev–Trinajstić information content (AvgIpc) is 3.16. The van der Waals surface area contributed by atoms with Crippen molar-refractivity contribution in [2.75, 3.05) is 0 Å². The van der Waals surface area contributed by atoms with E-state index in [2.05, 4.69) is 20.2 Å². The van der Waals surface area contributed by atoms with Gasteiger partial charge in [-0.15, -0.1) is 11.3 Å². The van der Waals surface area contributed by atoms with Gasteiger partial charge in [-0.05, 0) is 6.07 Å². The lowest BCUT2D eigenvalue weighted by Gasteiger charge is -2.03. The van der Waals surface area contributed by atoms with Crippen molar-refractivity contribution in [3.8, 4) is 11.5 Å². The van der Waals surface area contributed by atoms with Crippen molar-refractivity contribution in [3.63, 3.8) is 0 Å². The standard InChI is InChI=1S/C12H11F3N6OS/c1-21-7(5-8(19-21)12(13,14)15)10-18-9(22-20-10)4-6(16)11-17-2-3-23-11/h2-3,5-6H,4,16H2,1H3. The molecule has 0 aromatic carbocycles. The van der Waals surface area contributed by atoms with E-state index in [9.17, 15) is 13.2 Å². The first-order valence-electron chi connectivity index (χ1n) is 6.44. The molecule has 7 nitrogen and oxygen atoms in total. The zero-order valence-electron chi connectivity index (χ0n) is 11.8. The number of thiazole rings is 1. The van der Waals surface area contributed by atoms with Gasteiger partial charge < -0.3 is 10.3 Å². The van der Waals surface area contributed by atoms with E-state index in [0.29, 0.717) is 5.01 Å². The molecule has 0 fully saturated rings. The van der Waals surface area contributed by atoms with Crippen LogP contribution in [0.5, 0.6) is 0 Å². The van der Waals surface area contributed by atoms with Crippen LogP contribution in [0, 0.1) is 0 Å². The van der Waals surface area contributed by atoms with Crippen molar-refractivity contribution in [3.05, 3.63) is 34.2 Å². The van der Waals surface area contributed by atoms with Crippen LogP contribution in [0.1, 0.15) is 22.6 Å². The van der Waals surface area contributed by atoms with Crippen LogP contribution in [0.2, 0.25) is 0 Å². The lowest BCUT2D eigenvalue weighted by molar-refractivity contribution is -0.141. The van der Waals surface area contributed by atoms with Crippen molar-refractivity contribution < 1.29 is 17.7 Å². The number of halogens is 3. The summed E-state index contributed by atoms with van der Waals surface area (Å²) in [6.45, 7) is 0. The van der Waals surface area contributed by atoms with E-state index in [1.165, 1.54) is 18.4 Å². The van der Waals surface area contributed by atoms with Crippen LogP contribution in [-0.2, 0) is 19.6 Å². The Morgan fingerprint density at radius 1 is 1.43 bits per heavy atom. The normalized spacial score (nSPS) is 13.4. The molecule has 1 unspecified atom stereocenters. The molecule has 0 aliphatic heterocycles. The molecule has 0 saturated carbocycles. The molecule has 3 rings (SSSR count). The number of hydrogen-bond donors (Lipinski definition) is 1. The van der Waals surface area contributed by atoms with Crippen molar-refractivity contribution in [2.45, 2.75) is 18.6 Å². The van der Waals surface area contributed by atoms with Crippen LogP contribution in [0.15, 0.2) is 22.2 Å². The molecule has 1 atom stereocenters. The molecule has 0 radical (unpaired) electrons. The largest absolute Gasteiger partial charge is 0.435 e. The van der Waals surface area contributed by atoms with Crippen LogP contribution in [0.25, 0.3) is 11.5 Å². The summed E-state index contributed by atoms with van der Waals surface area (Å²) in [6, 6.07) is 0.454. The van der Waals surface area contributed by atoms with Crippen LogP contribution in [0.4, 0.5) is 13.2 Å². The Bertz CT molecular complexity index is 794. The van der Waals surface area contributed by atoms with E-state index in [1.54, 1.807) is 11.6 Å². The maximum absolute atomic E-state index is 12.7. The van der Waals surface area contributed by atoms with E-state index in [0.717, 1.165) is 10.7 Å². The predicted molar refractivity (Wildman–Crippen MR) is 74.2 cm³/mol. The van der Waals surface area contributed by atoms with Crippen LogP contribution < -0.4 is 5.73 Å². The van der Waals surface area contributed by atoms with Crippen LogP contribution in [-0.4, -0.2) is 24.9 Å². The Hall–Kier alpha value is -2.27. The minimum atomic E-state index is -4.53. The first-order valence-corrected chi connectivity index (χ1v) is 7.31. The van der Waals surface area contributed by atoms with Gasteiger partial charge in [0.1, 0.15) is 10.7 Å². The Balaban J connectivity index is 1.81. The molecule has 23 heavy (non-hydrogen) atoms. The topological polar surface area (TPSA) is 95.7 Å². The molecule has 0 amide bonds. The molecule has 11 heteroatoms. The number of alkyl halides is 3. The summed E-state index contributed by atoms with van der Waals surface area (Å²) in [5.74, 6) is 0.245. The molecule has 3 aromatic heterocycles. The highest BCUT2D eigenvalue weighted by molar-refractivity contribution is 7.09. The maximum Gasteiger partial charge on any atom is 0.435 e. The molecule has 3 aromatic rings. The molecule has 0 aliphatic carbocycles. The van der Waals surface area contributed by atoms with Gasteiger partial charge in [-0.3, -0.25) is 4.68 Å². The molecule has 3 heterocycles. The first-order chi connectivity index (χ1) is 10.8. The summed E-state index contributed by atoms with van der Waals surface area (Å²) in [7, 11) is 1.38. The van der Waals surface area contributed by atoms with Gasteiger partial charge in [0.15, 0.2) is 5.69 Å². The predicted octanol–water partition coefficient (Wildman–Crippen LogP) is 2.19. The molecular weight excluding hydrogens is 333 g/mol. The van der Waals surface area contributed by atoms with Gasteiger partial charge in [0, 0.05) is 25.0 Å². The minimum Gasteiger partial charge on any atom is -0.339 e. The van der Waals surface area contributed by atoms with E-state index >= 15 is 0 Å². The Morgan fingerprint density at radius 3 is 2.83 bits per heavy atom. The fourth-order valence-electron chi connectivity index (χ4n) is 1.95. The number of hydrogen-bond acceptors (Lipinski definition) is 7. The molecule has 2 N–H and O–H groups in total. The monoisotopic (exact) mass is 344 g/mol. The number of rotatable bonds is 4. The third-order valence-electron chi connectivity index (χ3n) is 3.03. The highest BCUT2D eigenvalue weighted by Crippen LogP contribution is 2.30. The van der Waals surface area contributed by atoms with Crippen LogP contribution in [0.3, 0.4) is 0 Å². The van der Waals surface area contributed by atoms with E-state index in [1.807, 2.05) is 0 Å². The maximum atomic E-state index is 12.7. The quantitative estimate of drug-likeness (QED) is 0.779. The van der Waals surface area contributed by atoms with E-state index < -0.39 is 17.9 Å². The Labute approximate surface area is 131 Å². The summed E-state index contributed by atoms with van der Waals surface area (Å²) in [5, 5.41) is 9.60. The third kappa shape index (κ3) is 3.24. The highest BCUT2D eigenvalue weighted by Gasteiger charge is 2.35. The molecule has 0 aliphatic rings. The fourth-order valence-corrected chi connectivity index (χ4v) is 2.59. The van der Waals surface area contributed by atoms with Crippen LogP contribution >= 0.6 is 11.3 Å². The molecule has 0 bridgehead atoms. The molecule has 122 valence electrons. The van der Waals surface area contributed by atoms with Gasteiger partial charge in [-0.1, -0.05) is 5.16 Å². The number of nitrogens with two attached hydrogens (primary N) is 1. The van der Waals surface area contributed by atoms with Gasteiger partial charge in [0.25, 0.3) is 0 Å². The Kier molecular flexibility index (Phi) is 3.90. The second-order valence-corrected chi connectivity index (χ2v) is 5.66. The molecule has 0 spiro atoms. The smallest absolute Gasteiger partial charge is 0.339 e. The molecular formula is C12H11F3N6OS. The fraction of sp³-hybridized carbons (Fsp3) is 0.333. The van der Waals surface area contributed by atoms with Gasteiger partial charge in [-0.25, -0.2) is 4.98 Å². The second-order valence-electron chi connectivity index (χ2n) is 4.73. The zero-order valence-corrected chi connectivity index (χ0v) is 12.6. The molecule has 0 saturated heterocycles. The van der Waals surface area contributed by atoms with Gasteiger partial charge in [0.2, 0.25) is 11.7 Å². The lowest BCUT2D eigenvalue weighted by atomic mass is 10.2. The van der Waals surface area contributed by atoms with Crippen molar-refractivity contribution in [1.82, 2.24) is 24.9 Å². The van der Waals surface area contributed by atoms with Gasteiger partial charge in [-0.2, -0.15) is 23.3 Å². The van der Waals surface area contributed by atoms with Crippen molar-refractivity contribution >= 4 is 11.3 Å². The SMILES string of the molecule is Cn1nc(C(F)(F)F)cc1-c1noc(CC(N)c2nccs2)n1. The Morgan fingerprint density at radius 2 is 2.22 bits per heavy atom. The number of aromatic nitrogens is 5. The van der Waals surface area contributed by atoms with E-state index in [-0.39, 0.29) is 23.8 Å². The number of nitrogens with zero attached hydrogens (tertiary/aromatic N) is 5. The zero-order chi connectivity index (χ0) is 16.6. The summed E-state index contributed by atoms with van der Waals surface area (Å²) in [5.41, 5.74) is 5.06. The highest BCUT2D eigenvalue weighted by atomic mass is 32.1. The summed E-state index contributed by atoms with van der Waals surface area (Å²) >= 11 is 1.40. The second kappa shape index (κ2) is 5.74. The summed E-state index contributed by atoms with van der Waals surface area (Å²) in [6.07, 6.45) is -2.66.